The van der Waals surface area contributed by atoms with Crippen LogP contribution < -0.4 is 0 Å². The van der Waals surface area contributed by atoms with Crippen molar-refractivity contribution in [2.45, 2.75) is 32.0 Å². The van der Waals surface area contributed by atoms with Crippen molar-refractivity contribution >= 4 is 5.91 Å². The first-order valence-corrected chi connectivity index (χ1v) is 6.35. The van der Waals surface area contributed by atoms with Crippen LogP contribution in [0.2, 0.25) is 0 Å². The summed E-state index contributed by atoms with van der Waals surface area (Å²) in [5, 5.41) is 3.61. The van der Waals surface area contributed by atoms with E-state index in [2.05, 4.69) is 9.89 Å². The first-order valence-electron chi connectivity index (χ1n) is 6.35. The Labute approximate surface area is 113 Å². The summed E-state index contributed by atoms with van der Waals surface area (Å²) in [6.45, 7) is 1.40. The molecular formula is C12H15F3N2O3. The molecule has 1 aliphatic heterocycles. The van der Waals surface area contributed by atoms with Gasteiger partial charge in [-0.15, -0.1) is 0 Å². The van der Waals surface area contributed by atoms with Crippen molar-refractivity contribution in [1.82, 2.24) is 10.1 Å². The molecule has 1 fully saturated rings. The fourth-order valence-electron chi connectivity index (χ4n) is 1.97. The van der Waals surface area contributed by atoms with Gasteiger partial charge in [-0.3, -0.25) is 4.79 Å². The van der Waals surface area contributed by atoms with Gasteiger partial charge in [-0.05, 0) is 6.42 Å². The molecule has 1 aromatic rings. The topological polar surface area (TPSA) is 55.6 Å². The molecule has 1 saturated heterocycles. The Morgan fingerprint density at radius 1 is 1.55 bits per heavy atom. The zero-order valence-electron chi connectivity index (χ0n) is 10.9. The summed E-state index contributed by atoms with van der Waals surface area (Å²) in [4.78, 5) is 13.2. The smallest absolute Gasteiger partial charge is 0.365 e. The predicted molar refractivity (Wildman–Crippen MR) is 62.2 cm³/mol. The van der Waals surface area contributed by atoms with Gasteiger partial charge in [0.15, 0.2) is 11.8 Å². The molecule has 112 valence electrons. The van der Waals surface area contributed by atoms with Crippen LogP contribution in [0.3, 0.4) is 0 Å². The summed E-state index contributed by atoms with van der Waals surface area (Å²) >= 11 is 0. The van der Waals surface area contributed by atoms with Crippen molar-refractivity contribution in [2.75, 3.05) is 19.7 Å². The lowest BCUT2D eigenvalue weighted by atomic mass is 10.2. The zero-order valence-corrected chi connectivity index (χ0v) is 10.9. The quantitative estimate of drug-likeness (QED) is 0.855. The summed E-state index contributed by atoms with van der Waals surface area (Å²) in [6, 6.07) is 1.48. The monoisotopic (exact) mass is 292 g/mol. The zero-order chi connectivity index (χ0) is 14.8. The number of amides is 1. The Kier molecular flexibility index (Phi) is 4.32. The van der Waals surface area contributed by atoms with Gasteiger partial charge in [0.05, 0.1) is 13.2 Å². The van der Waals surface area contributed by atoms with E-state index in [-0.39, 0.29) is 18.8 Å². The maximum Gasteiger partial charge on any atom is 0.416 e. The molecule has 5 nitrogen and oxygen atoms in total. The summed E-state index contributed by atoms with van der Waals surface area (Å²) in [5.41, 5.74) is 0.0382. The van der Waals surface area contributed by atoms with Crippen molar-refractivity contribution in [3.05, 3.63) is 17.5 Å². The highest BCUT2D eigenvalue weighted by Gasteiger charge is 2.44. The van der Waals surface area contributed by atoms with Crippen molar-refractivity contribution in [3.63, 3.8) is 0 Å². The number of nitrogens with zero attached hydrogens (tertiary/aromatic N) is 2. The molecular weight excluding hydrogens is 277 g/mol. The predicted octanol–water partition coefficient (Wildman–Crippen LogP) is 2.03. The van der Waals surface area contributed by atoms with Crippen molar-refractivity contribution < 1.29 is 27.2 Å². The number of carbonyl (C=O) groups excluding carboxylic acids is 1. The molecule has 0 aliphatic carbocycles. The van der Waals surface area contributed by atoms with Crippen molar-refractivity contribution in [3.8, 4) is 0 Å². The first kappa shape index (κ1) is 14.8. The van der Waals surface area contributed by atoms with Gasteiger partial charge in [0.1, 0.15) is 5.76 Å². The number of rotatable bonds is 3. The molecule has 20 heavy (non-hydrogen) atoms. The number of morpholine rings is 1. The third-order valence-corrected chi connectivity index (χ3v) is 2.99. The Morgan fingerprint density at radius 3 is 2.95 bits per heavy atom. The second-order valence-electron chi connectivity index (χ2n) is 4.58. The molecule has 1 atom stereocenters. The SMILES string of the molecule is CCCc1cc(C(=O)N2CCO[C@@H](C(F)(F)F)C2)no1. The number of aryl methyl sites for hydroxylation is 1. The van der Waals surface area contributed by atoms with Crippen LogP contribution in [0, 0.1) is 0 Å². The molecule has 0 bridgehead atoms. The van der Waals surface area contributed by atoms with E-state index < -0.39 is 24.7 Å². The highest BCUT2D eigenvalue weighted by molar-refractivity contribution is 5.92. The number of ether oxygens (including phenoxy) is 1. The van der Waals surface area contributed by atoms with Gasteiger partial charge in [-0.2, -0.15) is 13.2 Å². The van der Waals surface area contributed by atoms with Gasteiger partial charge in [0.25, 0.3) is 5.91 Å². The van der Waals surface area contributed by atoms with E-state index in [0.717, 1.165) is 11.3 Å². The molecule has 1 aliphatic rings. The Hall–Kier alpha value is -1.57. The lowest BCUT2D eigenvalue weighted by Gasteiger charge is -2.33. The van der Waals surface area contributed by atoms with Crippen molar-refractivity contribution in [1.29, 1.82) is 0 Å². The molecule has 2 heterocycles. The van der Waals surface area contributed by atoms with Gasteiger partial charge in [0, 0.05) is 19.0 Å². The molecule has 0 unspecified atom stereocenters. The minimum absolute atomic E-state index is 0.0382. The highest BCUT2D eigenvalue weighted by Crippen LogP contribution is 2.26. The van der Waals surface area contributed by atoms with E-state index in [1.54, 1.807) is 0 Å². The number of alkyl halides is 3. The van der Waals surface area contributed by atoms with E-state index in [1.807, 2.05) is 6.92 Å². The molecule has 8 heteroatoms. The van der Waals surface area contributed by atoms with Crippen LogP contribution in [0.15, 0.2) is 10.6 Å². The molecule has 0 spiro atoms. The van der Waals surface area contributed by atoms with Crippen LogP contribution in [0.1, 0.15) is 29.6 Å². The first-order chi connectivity index (χ1) is 9.41. The average Bonchev–Trinajstić information content (AvgIpc) is 2.86. The fraction of sp³-hybridized carbons (Fsp3) is 0.667. The number of halogens is 3. The van der Waals surface area contributed by atoms with Gasteiger partial charge in [0.2, 0.25) is 0 Å². The number of hydrogen-bond donors (Lipinski definition) is 0. The Balaban J connectivity index is 2.04. The van der Waals surface area contributed by atoms with Crippen LogP contribution in [-0.4, -0.2) is 47.9 Å². The standard InChI is InChI=1S/C12H15F3N2O3/c1-2-3-8-6-9(16-20-8)11(18)17-4-5-19-10(7-17)12(13,14)15/h6,10H,2-5,7H2,1H3/t10-/m1/s1. The minimum Gasteiger partial charge on any atom is -0.365 e. The van der Waals surface area contributed by atoms with E-state index in [0.29, 0.717) is 12.2 Å². The molecule has 0 radical (unpaired) electrons. The largest absolute Gasteiger partial charge is 0.416 e. The normalized spacial score (nSPS) is 20.2. The second kappa shape index (κ2) is 5.82. The van der Waals surface area contributed by atoms with Crippen LogP contribution >= 0.6 is 0 Å². The Morgan fingerprint density at radius 2 is 2.30 bits per heavy atom. The highest BCUT2D eigenvalue weighted by atomic mass is 19.4. The van der Waals surface area contributed by atoms with Crippen LogP contribution in [0.5, 0.6) is 0 Å². The number of carbonyl (C=O) groups is 1. The second-order valence-corrected chi connectivity index (χ2v) is 4.58. The van der Waals surface area contributed by atoms with E-state index >= 15 is 0 Å². The molecule has 2 rings (SSSR count). The van der Waals surface area contributed by atoms with Crippen LogP contribution in [-0.2, 0) is 11.2 Å². The third kappa shape index (κ3) is 3.30. The molecule has 1 amide bonds. The van der Waals surface area contributed by atoms with Gasteiger partial charge < -0.3 is 14.2 Å². The lowest BCUT2D eigenvalue weighted by molar-refractivity contribution is -0.233. The van der Waals surface area contributed by atoms with E-state index in [4.69, 9.17) is 4.52 Å². The molecule has 0 aromatic carbocycles. The summed E-state index contributed by atoms with van der Waals surface area (Å²) in [7, 11) is 0. The van der Waals surface area contributed by atoms with E-state index in [9.17, 15) is 18.0 Å². The Bertz CT molecular complexity index is 473. The maximum atomic E-state index is 12.6. The number of hydrogen-bond acceptors (Lipinski definition) is 4. The number of aromatic nitrogens is 1. The molecule has 1 aromatic heterocycles. The van der Waals surface area contributed by atoms with Gasteiger partial charge in [-0.1, -0.05) is 12.1 Å². The van der Waals surface area contributed by atoms with Crippen molar-refractivity contribution in [2.24, 2.45) is 0 Å². The fourth-order valence-corrected chi connectivity index (χ4v) is 1.97. The molecule has 0 N–H and O–H groups in total. The summed E-state index contributed by atoms with van der Waals surface area (Å²) in [5.74, 6) is -0.00914. The summed E-state index contributed by atoms with van der Waals surface area (Å²) < 4.78 is 47.4. The minimum atomic E-state index is -4.48. The van der Waals surface area contributed by atoms with Crippen LogP contribution in [0.4, 0.5) is 13.2 Å². The maximum absolute atomic E-state index is 12.6. The summed E-state index contributed by atoms with van der Waals surface area (Å²) in [6.07, 6.45) is -4.96. The van der Waals surface area contributed by atoms with Gasteiger partial charge >= 0.3 is 6.18 Å². The van der Waals surface area contributed by atoms with Crippen LogP contribution in [0.25, 0.3) is 0 Å². The van der Waals surface area contributed by atoms with E-state index in [1.165, 1.54) is 6.07 Å². The third-order valence-electron chi connectivity index (χ3n) is 2.99. The average molecular weight is 292 g/mol. The lowest BCUT2D eigenvalue weighted by Crippen LogP contribution is -2.51. The van der Waals surface area contributed by atoms with Gasteiger partial charge in [-0.25, -0.2) is 0 Å². The molecule has 0 saturated carbocycles.